The van der Waals surface area contributed by atoms with Crippen LogP contribution in [0.15, 0.2) is 22.6 Å². The predicted molar refractivity (Wildman–Crippen MR) is 99.8 cm³/mol. The number of rotatable bonds is 3. The molecule has 0 N–H and O–H groups in total. The van der Waals surface area contributed by atoms with E-state index in [9.17, 15) is 4.79 Å². The molecule has 0 saturated carbocycles. The molecule has 4 rings (SSSR count). The maximum Gasteiger partial charge on any atom is 0.257 e. The van der Waals surface area contributed by atoms with Gasteiger partial charge in [0.05, 0.1) is 5.56 Å². The minimum absolute atomic E-state index is 0.0504. The molecule has 7 heteroatoms. The van der Waals surface area contributed by atoms with Gasteiger partial charge in [0, 0.05) is 39.3 Å². The Kier molecular flexibility index (Phi) is 4.53. The molecule has 2 aliphatic heterocycles. The van der Waals surface area contributed by atoms with Crippen molar-refractivity contribution in [2.45, 2.75) is 26.7 Å². The molecule has 2 aliphatic rings. The third kappa shape index (κ3) is 3.25. The van der Waals surface area contributed by atoms with E-state index in [2.05, 4.69) is 26.1 Å². The number of aryl methyl sites for hydroxylation is 2. The Morgan fingerprint density at radius 2 is 1.50 bits per heavy atom. The summed E-state index contributed by atoms with van der Waals surface area (Å²) >= 11 is 0. The fraction of sp³-hybridized carbons (Fsp3) is 0.526. The summed E-state index contributed by atoms with van der Waals surface area (Å²) < 4.78 is 5.49. The van der Waals surface area contributed by atoms with Gasteiger partial charge in [-0.05, 0) is 44.9 Å². The van der Waals surface area contributed by atoms with Gasteiger partial charge in [0.1, 0.15) is 11.5 Å². The van der Waals surface area contributed by atoms with Gasteiger partial charge in [-0.1, -0.05) is 0 Å². The molecular weight excluding hydrogens is 330 g/mol. The van der Waals surface area contributed by atoms with Crippen LogP contribution in [-0.4, -0.2) is 60.3 Å². The van der Waals surface area contributed by atoms with Crippen molar-refractivity contribution < 1.29 is 9.21 Å². The standard InChI is InChI=1S/C19H25N5O2/c1-14-13-16(15(2)26-14)19(25)24-11-9-23(10-12-24)18-6-5-17(20-21-18)22-7-3-4-8-22/h5-6,13H,3-4,7-12H2,1-2H3. The molecule has 0 atom stereocenters. The summed E-state index contributed by atoms with van der Waals surface area (Å²) in [5.41, 5.74) is 0.672. The second kappa shape index (κ2) is 6.97. The van der Waals surface area contributed by atoms with Gasteiger partial charge < -0.3 is 19.1 Å². The Balaban J connectivity index is 1.37. The number of furan rings is 1. The van der Waals surface area contributed by atoms with Gasteiger partial charge in [0.15, 0.2) is 11.6 Å². The number of nitrogens with zero attached hydrogens (tertiary/aromatic N) is 5. The van der Waals surface area contributed by atoms with Crippen LogP contribution in [-0.2, 0) is 0 Å². The Morgan fingerprint density at radius 1 is 0.923 bits per heavy atom. The number of amides is 1. The van der Waals surface area contributed by atoms with E-state index in [-0.39, 0.29) is 5.91 Å². The lowest BCUT2D eigenvalue weighted by atomic mass is 10.2. The van der Waals surface area contributed by atoms with Crippen LogP contribution in [0.2, 0.25) is 0 Å². The van der Waals surface area contributed by atoms with Crippen LogP contribution < -0.4 is 9.80 Å². The van der Waals surface area contributed by atoms with Crippen LogP contribution in [0.5, 0.6) is 0 Å². The van der Waals surface area contributed by atoms with Gasteiger partial charge in [-0.2, -0.15) is 0 Å². The third-order valence-corrected chi connectivity index (χ3v) is 5.23. The number of anilines is 2. The van der Waals surface area contributed by atoms with Crippen LogP contribution in [0, 0.1) is 13.8 Å². The monoisotopic (exact) mass is 355 g/mol. The van der Waals surface area contributed by atoms with Crippen LogP contribution in [0.4, 0.5) is 11.6 Å². The lowest BCUT2D eigenvalue weighted by Gasteiger charge is -2.35. The second-order valence-corrected chi connectivity index (χ2v) is 7.05. The molecule has 0 radical (unpaired) electrons. The van der Waals surface area contributed by atoms with E-state index in [0.29, 0.717) is 24.4 Å². The summed E-state index contributed by atoms with van der Waals surface area (Å²) in [6.07, 6.45) is 2.46. The van der Waals surface area contributed by atoms with Crippen LogP contribution in [0.3, 0.4) is 0 Å². The van der Waals surface area contributed by atoms with Crippen molar-refractivity contribution in [3.8, 4) is 0 Å². The predicted octanol–water partition coefficient (Wildman–Crippen LogP) is 2.25. The smallest absolute Gasteiger partial charge is 0.257 e. The van der Waals surface area contributed by atoms with Gasteiger partial charge in [-0.25, -0.2) is 0 Å². The zero-order valence-electron chi connectivity index (χ0n) is 15.4. The first-order valence-corrected chi connectivity index (χ1v) is 9.32. The summed E-state index contributed by atoms with van der Waals surface area (Å²) in [7, 11) is 0. The molecule has 1 amide bonds. The zero-order valence-corrected chi connectivity index (χ0v) is 15.4. The highest BCUT2D eigenvalue weighted by Crippen LogP contribution is 2.21. The minimum Gasteiger partial charge on any atom is -0.466 e. The van der Waals surface area contributed by atoms with Gasteiger partial charge in [-0.15, -0.1) is 10.2 Å². The molecule has 0 aliphatic carbocycles. The number of carbonyl (C=O) groups excluding carboxylic acids is 1. The van der Waals surface area contributed by atoms with Crippen molar-refractivity contribution in [1.29, 1.82) is 0 Å². The Hall–Kier alpha value is -2.57. The van der Waals surface area contributed by atoms with Crippen molar-refractivity contribution in [3.05, 3.63) is 35.3 Å². The van der Waals surface area contributed by atoms with E-state index in [1.807, 2.05) is 30.9 Å². The number of hydrogen-bond donors (Lipinski definition) is 0. The van der Waals surface area contributed by atoms with Crippen LogP contribution in [0.1, 0.15) is 34.7 Å². The van der Waals surface area contributed by atoms with Crippen LogP contribution in [0.25, 0.3) is 0 Å². The summed E-state index contributed by atoms with van der Waals surface area (Å²) in [5.74, 6) is 3.37. The highest BCUT2D eigenvalue weighted by atomic mass is 16.3. The van der Waals surface area contributed by atoms with Gasteiger partial charge in [-0.3, -0.25) is 4.79 Å². The largest absolute Gasteiger partial charge is 0.466 e. The Bertz CT molecular complexity index is 772. The molecule has 7 nitrogen and oxygen atoms in total. The van der Waals surface area contributed by atoms with Crippen molar-refractivity contribution in [2.24, 2.45) is 0 Å². The molecular formula is C19H25N5O2. The van der Waals surface area contributed by atoms with E-state index >= 15 is 0 Å². The molecule has 2 fully saturated rings. The first-order valence-electron chi connectivity index (χ1n) is 9.32. The molecule has 0 bridgehead atoms. The summed E-state index contributed by atoms with van der Waals surface area (Å²) in [6, 6.07) is 5.93. The SMILES string of the molecule is Cc1cc(C(=O)N2CCN(c3ccc(N4CCCC4)nn3)CC2)c(C)o1. The van der Waals surface area contributed by atoms with Crippen molar-refractivity contribution in [2.75, 3.05) is 49.1 Å². The summed E-state index contributed by atoms with van der Waals surface area (Å²) in [6.45, 7) is 8.73. The molecule has 0 unspecified atom stereocenters. The first kappa shape index (κ1) is 16.9. The Labute approximate surface area is 153 Å². The molecule has 26 heavy (non-hydrogen) atoms. The summed E-state index contributed by atoms with van der Waals surface area (Å²) in [4.78, 5) is 19.0. The topological polar surface area (TPSA) is 65.7 Å². The molecule has 2 saturated heterocycles. The van der Waals surface area contributed by atoms with Crippen molar-refractivity contribution >= 4 is 17.5 Å². The minimum atomic E-state index is 0.0504. The average Bonchev–Trinajstić information content (AvgIpc) is 3.31. The van der Waals surface area contributed by atoms with Crippen molar-refractivity contribution in [1.82, 2.24) is 15.1 Å². The Morgan fingerprint density at radius 3 is 2.00 bits per heavy atom. The number of carbonyl (C=O) groups is 1. The number of hydrogen-bond acceptors (Lipinski definition) is 6. The quantitative estimate of drug-likeness (QED) is 0.841. The summed E-state index contributed by atoms with van der Waals surface area (Å²) in [5, 5.41) is 8.80. The molecule has 138 valence electrons. The fourth-order valence-corrected chi connectivity index (χ4v) is 3.75. The molecule has 0 aromatic carbocycles. The van der Waals surface area contributed by atoms with Crippen molar-refractivity contribution in [3.63, 3.8) is 0 Å². The van der Waals surface area contributed by atoms with Gasteiger partial charge in [0.25, 0.3) is 5.91 Å². The van der Waals surface area contributed by atoms with Gasteiger partial charge >= 0.3 is 0 Å². The lowest BCUT2D eigenvalue weighted by molar-refractivity contribution is 0.0744. The van der Waals surface area contributed by atoms with E-state index in [0.717, 1.165) is 43.6 Å². The number of aromatic nitrogens is 2. The zero-order chi connectivity index (χ0) is 18.1. The van der Waals surface area contributed by atoms with Gasteiger partial charge in [0.2, 0.25) is 0 Å². The van der Waals surface area contributed by atoms with E-state index in [4.69, 9.17) is 4.42 Å². The second-order valence-electron chi connectivity index (χ2n) is 7.05. The molecule has 2 aromatic rings. The average molecular weight is 355 g/mol. The highest BCUT2D eigenvalue weighted by Gasteiger charge is 2.25. The van der Waals surface area contributed by atoms with E-state index < -0.39 is 0 Å². The lowest BCUT2D eigenvalue weighted by Crippen LogP contribution is -2.49. The highest BCUT2D eigenvalue weighted by molar-refractivity contribution is 5.95. The van der Waals surface area contributed by atoms with E-state index in [1.165, 1.54) is 12.8 Å². The molecule has 2 aromatic heterocycles. The molecule has 4 heterocycles. The normalized spacial score (nSPS) is 17.8. The molecule has 0 spiro atoms. The fourth-order valence-electron chi connectivity index (χ4n) is 3.75. The maximum absolute atomic E-state index is 12.7. The van der Waals surface area contributed by atoms with Crippen LogP contribution >= 0.6 is 0 Å². The third-order valence-electron chi connectivity index (χ3n) is 5.23. The van der Waals surface area contributed by atoms with E-state index in [1.54, 1.807) is 0 Å². The first-order chi connectivity index (χ1) is 12.6. The number of piperazine rings is 1. The maximum atomic E-state index is 12.7.